The molecule has 2 aromatic rings. The van der Waals surface area contributed by atoms with Crippen molar-refractivity contribution in [1.82, 2.24) is 9.80 Å². The van der Waals surface area contributed by atoms with Crippen molar-refractivity contribution in [3.8, 4) is 0 Å². The molecule has 2 unspecified atom stereocenters. The van der Waals surface area contributed by atoms with Crippen LogP contribution in [0.3, 0.4) is 0 Å². The Morgan fingerprint density at radius 2 is 1.87 bits per heavy atom. The third kappa shape index (κ3) is 4.82. The molecule has 10 heteroatoms. The van der Waals surface area contributed by atoms with Crippen molar-refractivity contribution < 1.29 is 27.5 Å². The van der Waals surface area contributed by atoms with Crippen LogP contribution in [-0.2, 0) is 12.7 Å². The molecule has 4 nitrogen and oxygen atoms in total. The molecule has 1 aliphatic heterocycles. The summed E-state index contributed by atoms with van der Waals surface area (Å²) in [5, 5.41) is 10.1. The van der Waals surface area contributed by atoms with Gasteiger partial charge >= 0.3 is 12.3 Å². The predicted molar refractivity (Wildman–Crippen MR) is 105 cm³/mol. The topological polar surface area (TPSA) is 43.8 Å². The van der Waals surface area contributed by atoms with E-state index in [1.165, 1.54) is 11.0 Å². The molecule has 1 saturated heterocycles. The molecule has 0 aliphatic carbocycles. The first-order valence-corrected chi connectivity index (χ1v) is 9.71. The molecule has 0 aromatic heterocycles. The maximum Gasteiger partial charge on any atom is 0.419 e. The lowest BCUT2D eigenvalue weighted by atomic mass is 9.93. The summed E-state index contributed by atoms with van der Waals surface area (Å²) in [6, 6.07) is 7.58. The van der Waals surface area contributed by atoms with Gasteiger partial charge in [-0.1, -0.05) is 35.3 Å². The van der Waals surface area contributed by atoms with Crippen LogP contribution in [0.4, 0.5) is 22.4 Å². The zero-order valence-corrected chi connectivity index (χ0v) is 17.3. The van der Waals surface area contributed by atoms with Crippen LogP contribution in [0.1, 0.15) is 22.6 Å². The third-order valence-electron chi connectivity index (χ3n) is 5.27. The second-order valence-electron chi connectivity index (χ2n) is 7.26. The van der Waals surface area contributed by atoms with Crippen molar-refractivity contribution in [1.29, 1.82) is 0 Å². The summed E-state index contributed by atoms with van der Waals surface area (Å²) < 4.78 is 52.2. The number of likely N-dealkylation sites (tertiary alicyclic amines) is 1. The van der Waals surface area contributed by atoms with Gasteiger partial charge < -0.3 is 10.0 Å². The van der Waals surface area contributed by atoms with Gasteiger partial charge in [-0.2, -0.15) is 13.2 Å². The normalized spacial score (nSPS) is 19.5. The summed E-state index contributed by atoms with van der Waals surface area (Å²) in [4.78, 5) is 14.6. The van der Waals surface area contributed by atoms with E-state index in [-0.39, 0.29) is 31.6 Å². The van der Waals surface area contributed by atoms with Crippen LogP contribution in [0.15, 0.2) is 36.4 Å². The van der Waals surface area contributed by atoms with Crippen LogP contribution in [-0.4, -0.2) is 47.2 Å². The molecule has 1 heterocycles. The molecule has 2 aromatic carbocycles. The van der Waals surface area contributed by atoms with Crippen LogP contribution in [0.2, 0.25) is 10.0 Å². The van der Waals surface area contributed by atoms with E-state index in [4.69, 9.17) is 23.2 Å². The number of hydrogen-bond donors (Lipinski definition) is 1. The molecule has 2 atom stereocenters. The molecular weight excluding hydrogens is 447 g/mol. The van der Waals surface area contributed by atoms with Gasteiger partial charge in [-0.25, -0.2) is 9.18 Å². The Labute approximate surface area is 180 Å². The van der Waals surface area contributed by atoms with Gasteiger partial charge in [0.25, 0.3) is 0 Å². The molecule has 1 N–H and O–H groups in total. The van der Waals surface area contributed by atoms with Crippen molar-refractivity contribution in [3.63, 3.8) is 0 Å². The maximum atomic E-state index is 13.9. The summed E-state index contributed by atoms with van der Waals surface area (Å²) in [6.07, 6.45) is -5.84. The molecule has 0 radical (unpaired) electrons. The van der Waals surface area contributed by atoms with Gasteiger partial charge in [0.05, 0.1) is 15.6 Å². The summed E-state index contributed by atoms with van der Waals surface area (Å²) in [5.41, 5.74) is -0.172. The first kappa shape index (κ1) is 22.7. The van der Waals surface area contributed by atoms with Crippen LogP contribution >= 0.6 is 23.2 Å². The number of carboxylic acid groups (broad SMARTS) is 1. The van der Waals surface area contributed by atoms with Crippen LogP contribution in [0, 0.1) is 5.82 Å². The van der Waals surface area contributed by atoms with E-state index in [1.54, 1.807) is 30.1 Å². The second kappa shape index (κ2) is 8.61. The van der Waals surface area contributed by atoms with Crippen LogP contribution in [0.25, 0.3) is 0 Å². The van der Waals surface area contributed by atoms with E-state index in [0.717, 1.165) is 11.6 Å². The molecule has 0 saturated carbocycles. The lowest BCUT2D eigenvalue weighted by Crippen LogP contribution is -2.37. The minimum atomic E-state index is -4.76. The predicted octanol–water partition coefficient (Wildman–Crippen LogP) is 5.73. The van der Waals surface area contributed by atoms with Crippen molar-refractivity contribution in [3.05, 3.63) is 69.0 Å². The fraction of sp³-hybridized carbons (Fsp3) is 0.350. The molecule has 162 valence electrons. The molecule has 3 rings (SSSR count). The molecule has 1 amide bonds. The highest BCUT2D eigenvalue weighted by atomic mass is 35.5. The van der Waals surface area contributed by atoms with Gasteiger partial charge in [0, 0.05) is 31.6 Å². The minimum absolute atomic E-state index is 0.144. The first-order chi connectivity index (χ1) is 14.0. The smallest absolute Gasteiger partial charge is 0.419 e. The summed E-state index contributed by atoms with van der Waals surface area (Å²) in [5.74, 6) is -1.58. The molecular formula is C20H18Cl2F4N2O2. The highest BCUT2D eigenvalue weighted by molar-refractivity contribution is 6.42. The maximum absolute atomic E-state index is 13.9. The zero-order valence-electron chi connectivity index (χ0n) is 15.8. The largest absolute Gasteiger partial charge is 0.465 e. The highest BCUT2D eigenvalue weighted by Crippen LogP contribution is 2.35. The van der Waals surface area contributed by atoms with Gasteiger partial charge in [0.2, 0.25) is 0 Å². The molecule has 30 heavy (non-hydrogen) atoms. The zero-order chi connectivity index (χ0) is 22.2. The number of nitrogens with zero attached hydrogens (tertiary/aromatic N) is 2. The number of rotatable bonds is 4. The van der Waals surface area contributed by atoms with Gasteiger partial charge in [-0.05, 0) is 42.4 Å². The number of benzene rings is 2. The van der Waals surface area contributed by atoms with E-state index in [9.17, 15) is 27.5 Å². The summed E-state index contributed by atoms with van der Waals surface area (Å²) in [6.45, 7) is 0.564. The van der Waals surface area contributed by atoms with Gasteiger partial charge in [-0.3, -0.25) is 4.90 Å². The van der Waals surface area contributed by atoms with E-state index in [1.807, 2.05) is 0 Å². The lowest BCUT2D eigenvalue weighted by molar-refractivity contribution is -0.140. The monoisotopic (exact) mass is 464 g/mol. The molecule has 0 spiro atoms. The summed E-state index contributed by atoms with van der Waals surface area (Å²) in [7, 11) is 1.72. The Morgan fingerprint density at radius 1 is 1.17 bits per heavy atom. The van der Waals surface area contributed by atoms with Gasteiger partial charge in [0.15, 0.2) is 0 Å². The Kier molecular flexibility index (Phi) is 6.50. The lowest BCUT2D eigenvalue weighted by Gasteiger charge is -2.29. The average Bonchev–Trinajstić information content (AvgIpc) is 3.09. The Bertz CT molecular complexity index is 955. The molecule has 1 aliphatic rings. The Hall–Kier alpha value is -2.03. The SMILES string of the molecule is CN(Cc1ccc(C(F)(F)F)c(F)c1)C1CN(C(=O)O)CC1c1ccc(Cl)c(Cl)c1. The molecule has 1 fully saturated rings. The van der Waals surface area contributed by atoms with Gasteiger partial charge in [0.1, 0.15) is 5.82 Å². The standard InChI is InChI=1S/C20H18Cl2F4N2O2/c1-27(8-11-2-4-14(17(23)6-11)20(24,25)26)18-10-28(19(29)30)9-13(18)12-3-5-15(21)16(22)7-12/h2-7,13,18H,8-10H2,1H3,(H,29,30). The van der Waals surface area contributed by atoms with Crippen molar-refractivity contribution >= 4 is 29.3 Å². The number of amides is 1. The second-order valence-corrected chi connectivity index (χ2v) is 8.08. The average molecular weight is 465 g/mol. The van der Waals surface area contributed by atoms with Crippen molar-refractivity contribution in [2.75, 3.05) is 20.1 Å². The quantitative estimate of drug-likeness (QED) is 0.587. The fourth-order valence-corrected chi connectivity index (χ4v) is 4.06. The number of carbonyl (C=O) groups is 1. The van der Waals surface area contributed by atoms with Crippen molar-refractivity contribution in [2.45, 2.75) is 24.7 Å². The fourth-order valence-electron chi connectivity index (χ4n) is 3.75. The van der Waals surface area contributed by atoms with Gasteiger partial charge in [-0.15, -0.1) is 0 Å². The summed E-state index contributed by atoms with van der Waals surface area (Å²) >= 11 is 12.1. The number of halogens is 6. The third-order valence-corrected chi connectivity index (χ3v) is 6.01. The number of likely N-dealkylation sites (N-methyl/N-ethyl adjacent to an activating group) is 1. The van der Waals surface area contributed by atoms with E-state index in [0.29, 0.717) is 21.7 Å². The Morgan fingerprint density at radius 3 is 2.43 bits per heavy atom. The van der Waals surface area contributed by atoms with E-state index >= 15 is 0 Å². The van der Waals surface area contributed by atoms with Crippen LogP contribution in [0.5, 0.6) is 0 Å². The Balaban J connectivity index is 1.84. The minimum Gasteiger partial charge on any atom is -0.465 e. The number of hydrogen-bond acceptors (Lipinski definition) is 2. The van der Waals surface area contributed by atoms with Crippen molar-refractivity contribution in [2.24, 2.45) is 0 Å². The first-order valence-electron chi connectivity index (χ1n) is 8.96. The number of alkyl halides is 3. The van der Waals surface area contributed by atoms with Crippen LogP contribution < -0.4 is 0 Å². The van der Waals surface area contributed by atoms with E-state index in [2.05, 4.69) is 0 Å². The van der Waals surface area contributed by atoms with E-state index < -0.39 is 23.7 Å². The molecule has 0 bridgehead atoms. The highest BCUT2D eigenvalue weighted by Gasteiger charge is 2.39.